The fraction of sp³-hybridized carbons (Fsp3) is 0.0667. The Morgan fingerprint density at radius 1 is 0.383 bits per heavy atom. The Kier molecular flexibility index (Phi) is 5.37. The number of fused-ring (bicyclic) bond motifs is 9. The van der Waals surface area contributed by atoms with Crippen molar-refractivity contribution in [3.8, 4) is 33.6 Å². The maximum Gasteiger partial charge on any atom is 0.0619 e. The summed E-state index contributed by atoms with van der Waals surface area (Å²) < 4.78 is 4.88. The third-order valence-electron chi connectivity index (χ3n) is 10.5. The Morgan fingerprint density at radius 2 is 1.00 bits per heavy atom. The Balaban J connectivity index is 1.29. The standard InChI is InChI=1S/C45H32N2/c1-45(2)39-22-11-9-18-33(39)36-27-38-35-21-13-20-32(44(35)47(43(38)28-40(36)45)31-16-7-4-8-17-31)29-24-25-42-37(26-29)34-19-10-12-23-41(34)46(42)30-14-5-3-6-15-30/h3-28H,1-2H3. The van der Waals surface area contributed by atoms with Crippen LogP contribution in [0.4, 0.5) is 0 Å². The van der Waals surface area contributed by atoms with Crippen LogP contribution in [0.1, 0.15) is 25.0 Å². The van der Waals surface area contributed by atoms with Gasteiger partial charge in [0.05, 0.1) is 22.1 Å². The molecular weight excluding hydrogens is 569 g/mol. The first-order chi connectivity index (χ1) is 23.1. The van der Waals surface area contributed by atoms with Crippen LogP contribution in [0.15, 0.2) is 158 Å². The smallest absolute Gasteiger partial charge is 0.0619 e. The molecule has 0 atom stereocenters. The number of hydrogen-bond acceptors (Lipinski definition) is 0. The largest absolute Gasteiger partial charge is 0.309 e. The van der Waals surface area contributed by atoms with E-state index >= 15 is 0 Å². The van der Waals surface area contributed by atoms with Gasteiger partial charge < -0.3 is 9.13 Å². The van der Waals surface area contributed by atoms with E-state index in [0.717, 1.165) is 0 Å². The molecule has 0 unspecified atom stereocenters. The Labute approximate surface area is 273 Å². The summed E-state index contributed by atoms with van der Waals surface area (Å²) in [5.41, 5.74) is 15.2. The summed E-state index contributed by atoms with van der Waals surface area (Å²) in [4.78, 5) is 0. The molecule has 222 valence electrons. The zero-order valence-electron chi connectivity index (χ0n) is 26.4. The number of rotatable bonds is 3. The van der Waals surface area contributed by atoms with Gasteiger partial charge in [-0.05, 0) is 82.4 Å². The third-order valence-corrected chi connectivity index (χ3v) is 10.5. The van der Waals surface area contributed by atoms with Crippen molar-refractivity contribution in [2.24, 2.45) is 0 Å². The average Bonchev–Trinajstić information content (AvgIpc) is 3.71. The quantitative estimate of drug-likeness (QED) is 0.191. The topological polar surface area (TPSA) is 9.86 Å². The summed E-state index contributed by atoms with van der Waals surface area (Å²) in [5, 5.41) is 5.09. The highest BCUT2D eigenvalue weighted by molar-refractivity contribution is 6.17. The van der Waals surface area contributed by atoms with Gasteiger partial charge in [0.25, 0.3) is 0 Å². The lowest BCUT2D eigenvalue weighted by atomic mass is 9.82. The van der Waals surface area contributed by atoms with Crippen LogP contribution in [-0.2, 0) is 5.41 Å². The van der Waals surface area contributed by atoms with Crippen molar-refractivity contribution >= 4 is 43.6 Å². The molecule has 0 saturated heterocycles. The molecule has 0 amide bonds. The number of nitrogens with zero attached hydrogens (tertiary/aromatic N) is 2. The van der Waals surface area contributed by atoms with Crippen LogP contribution in [0.5, 0.6) is 0 Å². The van der Waals surface area contributed by atoms with Gasteiger partial charge in [0, 0.05) is 43.9 Å². The van der Waals surface area contributed by atoms with Crippen molar-refractivity contribution in [3.63, 3.8) is 0 Å². The van der Waals surface area contributed by atoms with Gasteiger partial charge in [-0.3, -0.25) is 0 Å². The monoisotopic (exact) mass is 600 g/mol. The Morgan fingerprint density at radius 3 is 1.81 bits per heavy atom. The second kappa shape index (κ2) is 9.57. The van der Waals surface area contributed by atoms with Crippen molar-refractivity contribution in [1.82, 2.24) is 9.13 Å². The fourth-order valence-electron chi connectivity index (χ4n) is 8.33. The molecule has 2 nitrogen and oxygen atoms in total. The van der Waals surface area contributed by atoms with Gasteiger partial charge in [-0.25, -0.2) is 0 Å². The Hall–Kier alpha value is -5.86. The first kappa shape index (κ1) is 26.4. The summed E-state index contributed by atoms with van der Waals surface area (Å²) in [6, 6.07) is 58.0. The minimum Gasteiger partial charge on any atom is -0.309 e. The van der Waals surface area contributed by atoms with E-state index in [1.54, 1.807) is 0 Å². The summed E-state index contributed by atoms with van der Waals surface area (Å²) in [7, 11) is 0. The molecule has 0 radical (unpaired) electrons. The molecule has 1 aliphatic rings. The second-order valence-electron chi connectivity index (χ2n) is 13.4. The van der Waals surface area contributed by atoms with E-state index in [9.17, 15) is 0 Å². The predicted molar refractivity (Wildman–Crippen MR) is 198 cm³/mol. The lowest BCUT2D eigenvalue weighted by Crippen LogP contribution is -2.14. The van der Waals surface area contributed by atoms with Crippen LogP contribution in [-0.4, -0.2) is 9.13 Å². The first-order valence-electron chi connectivity index (χ1n) is 16.5. The normalized spacial score (nSPS) is 13.5. The highest BCUT2D eigenvalue weighted by Crippen LogP contribution is 2.51. The van der Waals surface area contributed by atoms with E-state index in [4.69, 9.17) is 0 Å². The summed E-state index contributed by atoms with van der Waals surface area (Å²) in [6.45, 7) is 4.73. The van der Waals surface area contributed by atoms with E-state index in [0.29, 0.717) is 0 Å². The molecule has 0 bridgehead atoms. The van der Waals surface area contributed by atoms with Crippen molar-refractivity contribution in [3.05, 3.63) is 169 Å². The average molecular weight is 601 g/mol. The highest BCUT2D eigenvalue weighted by atomic mass is 15.0. The van der Waals surface area contributed by atoms with Gasteiger partial charge in [-0.15, -0.1) is 0 Å². The molecule has 7 aromatic carbocycles. The lowest BCUT2D eigenvalue weighted by Gasteiger charge is -2.21. The van der Waals surface area contributed by atoms with Crippen molar-refractivity contribution < 1.29 is 0 Å². The maximum atomic E-state index is 2.50. The minimum absolute atomic E-state index is 0.0705. The van der Waals surface area contributed by atoms with E-state index < -0.39 is 0 Å². The SMILES string of the molecule is CC1(C)c2ccccc2-c2cc3c4cccc(-c5ccc6c(c5)c5ccccc5n6-c5ccccc5)c4n(-c4ccccc4)c3cc21. The van der Waals surface area contributed by atoms with Crippen LogP contribution in [0.2, 0.25) is 0 Å². The molecule has 2 heterocycles. The molecule has 9 aromatic rings. The van der Waals surface area contributed by atoms with E-state index in [1.807, 2.05) is 0 Å². The molecular formula is C45H32N2. The molecule has 1 aliphatic carbocycles. The number of aromatic nitrogens is 2. The summed E-state index contributed by atoms with van der Waals surface area (Å²) >= 11 is 0. The van der Waals surface area contributed by atoms with Crippen molar-refractivity contribution in [2.75, 3.05) is 0 Å². The lowest BCUT2D eigenvalue weighted by molar-refractivity contribution is 0.661. The van der Waals surface area contributed by atoms with Crippen LogP contribution >= 0.6 is 0 Å². The molecule has 10 rings (SSSR count). The van der Waals surface area contributed by atoms with Crippen molar-refractivity contribution in [2.45, 2.75) is 19.3 Å². The zero-order valence-corrected chi connectivity index (χ0v) is 26.4. The van der Waals surface area contributed by atoms with Gasteiger partial charge in [-0.1, -0.05) is 117 Å². The second-order valence-corrected chi connectivity index (χ2v) is 13.4. The molecule has 2 aromatic heterocycles. The minimum atomic E-state index is -0.0705. The molecule has 0 aliphatic heterocycles. The van der Waals surface area contributed by atoms with Crippen LogP contribution in [0.25, 0.3) is 77.2 Å². The van der Waals surface area contributed by atoms with Gasteiger partial charge in [0.2, 0.25) is 0 Å². The van der Waals surface area contributed by atoms with E-state index in [1.165, 1.54) is 88.4 Å². The Bertz CT molecular complexity index is 2690. The van der Waals surface area contributed by atoms with Crippen LogP contribution in [0.3, 0.4) is 0 Å². The molecule has 2 heteroatoms. The summed E-state index contributed by atoms with van der Waals surface area (Å²) in [5.74, 6) is 0. The fourth-order valence-corrected chi connectivity index (χ4v) is 8.33. The molecule has 0 N–H and O–H groups in total. The van der Waals surface area contributed by atoms with Gasteiger partial charge in [-0.2, -0.15) is 0 Å². The number of para-hydroxylation sites is 4. The molecule has 0 fully saturated rings. The molecule has 47 heavy (non-hydrogen) atoms. The van der Waals surface area contributed by atoms with Gasteiger partial charge >= 0.3 is 0 Å². The zero-order chi connectivity index (χ0) is 31.3. The third kappa shape index (κ3) is 3.61. The molecule has 0 spiro atoms. The van der Waals surface area contributed by atoms with Crippen LogP contribution < -0.4 is 0 Å². The maximum absolute atomic E-state index is 2.50. The first-order valence-corrected chi connectivity index (χ1v) is 16.5. The number of benzene rings is 7. The van der Waals surface area contributed by atoms with Gasteiger partial charge in [0.15, 0.2) is 0 Å². The summed E-state index contributed by atoms with van der Waals surface area (Å²) in [6.07, 6.45) is 0. The molecule has 0 saturated carbocycles. The predicted octanol–water partition coefficient (Wildman–Crippen LogP) is 11.9. The number of hydrogen-bond donors (Lipinski definition) is 0. The van der Waals surface area contributed by atoms with Crippen molar-refractivity contribution in [1.29, 1.82) is 0 Å². The van der Waals surface area contributed by atoms with Crippen LogP contribution in [0, 0.1) is 0 Å². The highest BCUT2D eigenvalue weighted by Gasteiger charge is 2.36. The van der Waals surface area contributed by atoms with Gasteiger partial charge in [0.1, 0.15) is 0 Å². The van der Waals surface area contributed by atoms with E-state index in [2.05, 4.69) is 181 Å². The van der Waals surface area contributed by atoms with E-state index in [-0.39, 0.29) is 5.41 Å².